The summed E-state index contributed by atoms with van der Waals surface area (Å²) in [6, 6.07) is 3.87. The van der Waals surface area contributed by atoms with Crippen LogP contribution in [0, 0.1) is 6.92 Å². The van der Waals surface area contributed by atoms with Gasteiger partial charge in [0.15, 0.2) is 0 Å². The molecule has 0 aliphatic carbocycles. The molecule has 0 saturated carbocycles. The topological polar surface area (TPSA) is 67.4 Å². The van der Waals surface area contributed by atoms with Gasteiger partial charge in [-0.25, -0.2) is 4.98 Å². The molecule has 1 saturated heterocycles. The lowest BCUT2D eigenvalue weighted by atomic mass is 10.2. The van der Waals surface area contributed by atoms with Crippen molar-refractivity contribution in [3.8, 4) is 10.6 Å². The fraction of sp³-hybridized carbons (Fsp3) is 0.471. The van der Waals surface area contributed by atoms with Gasteiger partial charge in [-0.1, -0.05) is 0 Å². The highest BCUT2D eigenvalue weighted by atomic mass is 32.1. The Labute approximate surface area is 145 Å². The Bertz CT molecular complexity index is 668. The van der Waals surface area contributed by atoms with Gasteiger partial charge in [-0.05, 0) is 19.1 Å². The molecular weight excluding hydrogens is 324 g/mol. The van der Waals surface area contributed by atoms with Crippen LogP contribution in [0.25, 0.3) is 10.6 Å². The van der Waals surface area contributed by atoms with E-state index in [9.17, 15) is 4.79 Å². The number of pyridine rings is 1. The number of morpholine rings is 1. The van der Waals surface area contributed by atoms with Crippen molar-refractivity contribution in [1.29, 1.82) is 0 Å². The molecule has 6 nitrogen and oxygen atoms in total. The number of nitrogens with one attached hydrogen (secondary N) is 1. The van der Waals surface area contributed by atoms with E-state index in [4.69, 9.17) is 4.74 Å². The van der Waals surface area contributed by atoms with Gasteiger partial charge in [0, 0.05) is 49.0 Å². The molecule has 1 amide bonds. The van der Waals surface area contributed by atoms with Crippen LogP contribution in [0.2, 0.25) is 0 Å². The predicted octanol–water partition coefficient (Wildman–Crippen LogP) is 1.50. The predicted molar refractivity (Wildman–Crippen MR) is 94.1 cm³/mol. The number of aromatic nitrogens is 2. The maximum absolute atomic E-state index is 12.2. The maximum Gasteiger partial charge on any atom is 0.225 e. The summed E-state index contributed by atoms with van der Waals surface area (Å²) in [5.74, 6) is 0.0521. The molecule has 1 fully saturated rings. The van der Waals surface area contributed by atoms with Crippen LogP contribution in [0.5, 0.6) is 0 Å². The number of amides is 1. The second-order valence-electron chi connectivity index (χ2n) is 5.74. The molecule has 128 valence electrons. The highest BCUT2D eigenvalue weighted by Gasteiger charge is 2.14. The van der Waals surface area contributed by atoms with E-state index in [1.54, 1.807) is 23.7 Å². The summed E-state index contributed by atoms with van der Waals surface area (Å²) < 4.78 is 5.32. The zero-order valence-electron chi connectivity index (χ0n) is 13.8. The van der Waals surface area contributed by atoms with Crippen LogP contribution in [-0.4, -0.2) is 60.2 Å². The monoisotopic (exact) mass is 346 g/mol. The van der Waals surface area contributed by atoms with Crippen LogP contribution < -0.4 is 5.32 Å². The van der Waals surface area contributed by atoms with E-state index < -0.39 is 0 Å². The van der Waals surface area contributed by atoms with Crippen molar-refractivity contribution in [1.82, 2.24) is 20.2 Å². The quantitative estimate of drug-likeness (QED) is 0.859. The summed E-state index contributed by atoms with van der Waals surface area (Å²) in [4.78, 5) is 24.1. The van der Waals surface area contributed by atoms with Gasteiger partial charge in [-0.15, -0.1) is 11.3 Å². The molecule has 0 atom stereocenters. The smallest absolute Gasteiger partial charge is 0.225 e. The third kappa shape index (κ3) is 4.59. The van der Waals surface area contributed by atoms with E-state index in [0.717, 1.165) is 54.0 Å². The molecule has 24 heavy (non-hydrogen) atoms. The molecule has 0 unspecified atom stereocenters. The SMILES string of the molecule is Cc1nc(-c2ccncc2)sc1CC(=O)NCCN1CCOCC1. The van der Waals surface area contributed by atoms with Crippen LogP contribution >= 0.6 is 11.3 Å². The molecule has 0 aromatic carbocycles. The average Bonchev–Trinajstić information content (AvgIpc) is 2.97. The number of carbonyl (C=O) groups excluding carboxylic acids is 1. The third-order valence-electron chi connectivity index (χ3n) is 3.99. The minimum Gasteiger partial charge on any atom is -0.379 e. The highest BCUT2D eigenvalue weighted by molar-refractivity contribution is 7.15. The number of carbonyl (C=O) groups is 1. The first-order chi connectivity index (χ1) is 11.7. The molecule has 7 heteroatoms. The number of hydrogen-bond acceptors (Lipinski definition) is 6. The van der Waals surface area contributed by atoms with Gasteiger partial charge in [-0.3, -0.25) is 14.7 Å². The minimum absolute atomic E-state index is 0.0521. The number of rotatable bonds is 6. The number of nitrogens with zero attached hydrogens (tertiary/aromatic N) is 3. The van der Waals surface area contributed by atoms with Gasteiger partial charge in [0.25, 0.3) is 0 Å². The summed E-state index contributed by atoms with van der Waals surface area (Å²) in [7, 11) is 0. The van der Waals surface area contributed by atoms with Crippen LogP contribution in [0.4, 0.5) is 0 Å². The molecule has 3 rings (SSSR count). The summed E-state index contributed by atoms with van der Waals surface area (Å²) in [6.45, 7) is 6.96. The van der Waals surface area contributed by atoms with Crippen LogP contribution in [0.15, 0.2) is 24.5 Å². The largest absolute Gasteiger partial charge is 0.379 e. The van der Waals surface area contributed by atoms with Crippen molar-refractivity contribution >= 4 is 17.2 Å². The van der Waals surface area contributed by atoms with E-state index in [2.05, 4.69) is 20.2 Å². The maximum atomic E-state index is 12.2. The van der Waals surface area contributed by atoms with Crippen LogP contribution in [0.3, 0.4) is 0 Å². The van der Waals surface area contributed by atoms with E-state index in [1.165, 1.54) is 0 Å². The zero-order valence-corrected chi connectivity index (χ0v) is 14.6. The van der Waals surface area contributed by atoms with Gasteiger partial charge in [0.05, 0.1) is 25.3 Å². The number of hydrogen-bond donors (Lipinski definition) is 1. The average molecular weight is 346 g/mol. The lowest BCUT2D eigenvalue weighted by molar-refractivity contribution is -0.120. The number of thiazole rings is 1. The summed E-state index contributed by atoms with van der Waals surface area (Å²) in [5.41, 5.74) is 1.97. The summed E-state index contributed by atoms with van der Waals surface area (Å²) in [6.07, 6.45) is 3.89. The highest BCUT2D eigenvalue weighted by Crippen LogP contribution is 2.27. The zero-order chi connectivity index (χ0) is 16.8. The molecule has 0 bridgehead atoms. The molecule has 0 radical (unpaired) electrons. The summed E-state index contributed by atoms with van der Waals surface area (Å²) in [5, 5.41) is 3.94. The lowest BCUT2D eigenvalue weighted by Crippen LogP contribution is -2.41. The summed E-state index contributed by atoms with van der Waals surface area (Å²) >= 11 is 1.58. The van der Waals surface area contributed by atoms with E-state index in [1.807, 2.05) is 19.1 Å². The van der Waals surface area contributed by atoms with Gasteiger partial charge < -0.3 is 10.1 Å². The van der Waals surface area contributed by atoms with Gasteiger partial charge in [0.1, 0.15) is 5.01 Å². The first-order valence-corrected chi connectivity index (χ1v) is 8.97. The first-order valence-electron chi connectivity index (χ1n) is 8.16. The molecule has 3 heterocycles. The third-order valence-corrected chi connectivity index (χ3v) is 5.20. The molecule has 2 aromatic rings. The Kier molecular flexibility index (Phi) is 5.90. The van der Waals surface area contributed by atoms with E-state index >= 15 is 0 Å². The Morgan fingerprint density at radius 3 is 2.83 bits per heavy atom. The van der Waals surface area contributed by atoms with Gasteiger partial charge in [-0.2, -0.15) is 0 Å². The van der Waals surface area contributed by atoms with Crippen molar-refractivity contribution in [2.45, 2.75) is 13.3 Å². The van der Waals surface area contributed by atoms with Crippen molar-refractivity contribution < 1.29 is 9.53 Å². The molecule has 2 aromatic heterocycles. The standard InChI is InChI=1S/C17H22N4O2S/c1-13-15(24-17(20-13)14-2-4-18-5-3-14)12-16(22)19-6-7-21-8-10-23-11-9-21/h2-5H,6-12H2,1H3,(H,19,22). The van der Waals surface area contributed by atoms with Crippen molar-refractivity contribution in [3.63, 3.8) is 0 Å². The normalized spacial score (nSPS) is 15.4. The molecule has 1 N–H and O–H groups in total. The molecule has 1 aliphatic rings. The lowest BCUT2D eigenvalue weighted by Gasteiger charge is -2.26. The van der Waals surface area contributed by atoms with Crippen molar-refractivity contribution in [3.05, 3.63) is 35.1 Å². The Hall–Kier alpha value is -1.83. The van der Waals surface area contributed by atoms with Crippen molar-refractivity contribution in [2.24, 2.45) is 0 Å². The minimum atomic E-state index is 0.0521. The molecular formula is C17H22N4O2S. The fourth-order valence-corrected chi connectivity index (χ4v) is 3.66. The fourth-order valence-electron chi connectivity index (χ4n) is 2.60. The number of ether oxygens (including phenoxy) is 1. The second kappa shape index (κ2) is 8.32. The Balaban J connectivity index is 1.50. The molecule has 0 spiro atoms. The Morgan fingerprint density at radius 2 is 2.08 bits per heavy atom. The van der Waals surface area contributed by atoms with Crippen molar-refractivity contribution in [2.75, 3.05) is 39.4 Å². The Morgan fingerprint density at radius 1 is 1.33 bits per heavy atom. The van der Waals surface area contributed by atoms with Crippen LogP contribution in [-0.2, 0) is 16.0 Å². The van der Waals surface area contributed by atoms with E-state index in [0.29, 0.717) is 13.0 Å². The number of aryl methyl sites for hydroxylation is 1. The van der Waals surface area contributed by atoms with Gasteiger partial charge in [0.2, 0.25) is 5.91 Å². The second-order valence-corrected chi connectivity index (χ2v) is 6.83. The first kappa shape index (κ1) is 17.0. The van der Waals surface area contributed by atoms with E-state index in [-0.39, 0.29) is 5.91 Å². The van der Waals surface area contributed by atoms with Gasteiger partial charge >= 0.3 is 0 Å². The van der Waals surface area contributed by atoms with Crippen LogP contribution in [0.1, 0.15) is 10.6 Å². The molecule has 1 aliphatic heterocycles.